The molecule has 3 N–H and O–H groups in total. The number of ether oxygens (including phenoxy) is 2. The standard InChI is InChI=1S/C28H27BFNO5/c1-17-22(11-19-12-25(35-2)28(29(33)34)26(13-19)36-3)21-10-9-20(30)14-24(21)23(17)15-27(32)31-16-18-7-5-4-6-8-18/h4-14,33-34H,15-16H2,1-3H3,(H,31,32). The van der Waals surface area contributed by atoms with Crippen molar-refractivity contribution in [2.24, 2.45) is 0 Å². The second-order valence-corrected chi connectivity index (χ2v) is 8.50. The average Bonchev–Trinajstić information content (AvgIpc) is 3.12. The molecule has 0 saturated carbocycles. The van der Waals surface area contributed by atoms with Gasteiger partial charge in [-0.25, -0.2) is 4.39 Å². The van der Waals surface area contributed by atoms with Crippen LogP contribution < -0.4 is 20.3 Å². The SMILES string of the molecule is COc1cc(C=C2C(C)=C(CC(=O)NCc3ccccc3)c3cc(F)ccc32)cc(OC)c1B(O)O. The minimum absolute atomic E-state index is 0.106. The van der Waals surface area contributed by atoms with Gasteiger partial charge in [-0.15, -0.1) is 0 Å². The number of fused-ring (bicyclic) bond motifs is 1. The third kappa shape index (κ3) is 5.20. The summed E-state index contributed by atoms with van der Waals surface area (Å²) in [6, 6.07) is 17.5. The van der Waals surface area contributed by atoms with Crippen LogP contribution in [0.15, 0.2) is 66.2 Å². The fourth-order valence-electron chi connectivity index (χ4n) is 4.46. The van der Waals surface area contributed by atoms with Crippen molar-refractivity contribution >= 4 is 35.7 Å². The summed E-state index contributed by atoms with van der Waals surface area (Å²) in [4.78, 5) is 12.8. The van der Waals surface area contributed by atoms with Gasteiger partial charge < -0.3 is 24.8 Å². The lowest BCUT2D eigenvalue weighted by atomic mass is 9.78. The fraction of sp³-hybridized carbons (Fsp3) is 0.179. The van der Waals surface area contributed by atoms with E-state index in [1.807, 2.05) is 43.3 Å². The van der Waals surface area contributed by atoms with Crippen LogP contribution in [-0.2, 0) is 11.3 Å². The summed E-state index contributed by atoms with van der Waals surface area (Å²) in [7, 11) is 1.10. The number of carbonyl (C=O) groups excluding carboxylic acids is 1. The van der Waals surface area contributed by atoms with E-state index in [0.717, 1.165) is 27.8 Å². The summed E-state index contributed by atoms with van der Waals surface area (Å²) in [5.41, 5.74) is 5.73. The van der Waals surface area contributed by atoms with Gasteiger partial charge in [0, 0.05) is 6.54 Å². The zero-order valence-corrected chi connectivity index (χ0v) is 20.3. The second-order valence-electron chi connectivity index (χ2n) is 8.50. The molecule has 0 saturated heterocycles. The molecule has 4 rings (SSSR count). The van der Waals surface area contributed by atoms with E-state index in [-0.39, 0.29) is 35.1 Å². The Balaban J connectivity index is 1.70. The Morgan fingerprint density at radius 2 is 1.67 bits per heavy atom. The Bertz CT molecular complexity index is 1330. The Hall–Kier alpha value is -3.88. The smallest absolute Gasteiger partial charge is 0.496 e. The van der Waals surface area contributed by atoms with E-state index in [1.54, 1.807) is 18.2 Å². The van der Waals surface area contributed by atoms with Crippen LogP contribution in [0.2, 0.25) is 0 Å². The van der Waals surface area contributed by atoms with Crippen molar-refractivity contribution in [1.29, 1.82) is 0 Å². The number of nitrogens with one attached hydrogen (secondary N) is 1. The zero-order chi connectivity index (χ0) is 25.8. The van der Waals surface area contributed by atoms with E-state index in [9.17, 15) is 19.2 Å². The van der Waals surface area contributed by atoms with Gasteiger partial charge in [0.1, 0.15) is 17.3 Å². The molecule has 3 aromatic rings. The van der Waals surface area contributed by atoms with Crippen molar-refractivity contribution in [3.05, 3.63) is 94.3 Å². The summed E-state index contributed by atoms with van der Waals surface area (Å²) in [6.07, 6.45) is 1.99. The number of amides is 1. The zero-order valence-electron chi connectivity index (χ0n) is 20.3. The summed E-state index contributed by atoms with van der Waals surface area (Å²) in [6.45, 7) is 2.32. The largest absolute Gasteiger partial charge is 0.497 e. The Morgan fingerprint density at radius 1 is 1.00 bits per heavy atom. The number of carbonyl (C=O) groups is 1. The van der Waals surface area contributed by atoms with Crippen LogP contribution in [0.4, 0.5) is 4.39 Å². The molecule has 1 aliphatic rings. The number of allylic oxidation sites excluding steroid dienone is 2. The van der Waals surface area contributed by atoms with Crippen LogP contribution in [0.5, 0.6) is 11.5 Å². The molecule has 6 nitrogen and oxygen atoms in total. The normalized spacial score (nSPS) is 13.6. The van der Waals surface area contributed by atoms with Crippen LogP contribution >= 0.6 is 0 Å². The molecule has 0 aromatic heterocycles. The van der Waals surface area contributed by atoms with Crippen molar-refractivity contribution in [2.75, 3.05) is 14.2 Å². The number of hydrogen-bond acceptors (Lipinski definition) is 5. The average molecular weight is 487 g/mol. The van der Waals surface area contributed by atoms with Crippen molar-refractivity contribution in [1.82, 2.24) is 5.32 Å². The van der Waals surface area contributed by atoms with Gasteiger partial charge in [-0.3, -0.25) is 4.79 Å². The predicted molar refractivity (Wildman–Crippen MR) is 139 cm³/mol. The molecule has 0 heterocycles. The van der Waals surface area contributed by atoms with E-state index in [2.05, 4.69) is 5.32 Å². The highest BCUT2D eigenvalue weighted by atomic mass is 19.1. The monoisotopic (exact) mass is 487 g/mol. The molecule has 1 amide bonds. The number of halogens is 1. The maximum absolute atomic E-state index is 14.2. The van der Waals surface area contributed by atoms with E-state index in [4.69, 9.17) is 9.47 Å². The summed E-state index contributed by atoms with van der Waals surface area (Å²) in [5.74, 6) is -0.0183. The Labute approximate surface area is 209 Å². The van der Waals surface area contributed by atoms with Crippen molar-refractivity contribution in [3.63, 3.8) is 0 Å². The molecule has 36 heavy (non-hydrogen) atoms. The number of rotatable bonds is 8. The first kappa shape index (κ1) is 25.2. The first-order valence-electron chi connectivity index (χ1n) is 11.5. The van der Waals surface area contributed by atoms with Gasteiger partial charge in [-0.1, -0.05) is 36.4 Å². The highest BCUT2D eigenvalue weighted by molar-refractivity contribution is 6.61. The molecular formula is C28H27BFNO5. The van der Waals surface area contributed by atoms with Gasteiger partial charge in [0.15, 0.2) is 0 Å². The minimum atomic E-state index is -1.77. The summed E-state index contributed by atoms with van der Waals surface area (Å²) >= 11 is 0. The lowest BCUT2D eigenvalue weighted by Gasteiger charge is -2.14. The molecule has 3 aromatic carbocycles. The molecule has 8 heteroatoms. The third-order valence-corrected chi connectivity index (χ3v) is 6.26. The fourth-order valence-corrected chi connectivity index (χ4v) is 4.46. The minimum Gasteiger partial charge on any atom is -0.497 e. The molecule has 1 aliphatic carbocycles. The number of methoxy groups -OCH3 is 2. The molecule has 0 unspecified atom stereocenters. The number of hydrogen-bond donors (Lipinski definition) is 3. The van der Waals surface area contributed by atoms with Crippen LogP contribution in [0.25, 0.3) is 17.2 Å². The van der Waals surface area contributed by atoms with Gasteiger partial charge >= 0.3 is 7.12 Å². The Morgan fingerprint density at radius 3 is 2.28 bits per heavy atom. The van der Waals surface area contributed by atoms with Gasteiger partial charge in [-0.2, -0.15) is 0 Å². The van der Waals surface area contributed by atoms with Crippen molar-refractivity contribution in [3.8, 4) is 11.5 Å². The maximum Gasteiger partial charge on any atom is 0.496 e. The molecule has 0 spiro atoms. The molecule has 0 radical (unpaired) electrons. The van der Waals surface area contributed by atoms with Crippen LogP contribution in [-0.4, -0.2) is 37.3 Å². The van der Waals surface area contributed by atoms with Gasteiger partial charge in [0.25, 0.3) is 0 Å². The summed E-state index contributed by atoms with van der Waals surface area (Å²) in [5, 5.41) is 22.4. The first-order valence-corrected chi connectivity index (χ1v) is 11.5. The van der Waals surface area contributed by atoms with Gasteiger partial charge in [0.2, 0.25) is 5.91 Å². The summed E-state index contributed by atoms with van der Waals surface area (Å²) < 4.78 is 24.9. The molecule has 0 bridgehead atoms. The van der Waals surface area contributed by atoms with E-state index >= 15 is 0 Å². The predicted octanol–water partition coefficient (Wildman–Crippen LogP) is 3.56. The Kier molecular flexibility index (Phi) is 7.57. The number of benzene rings is 3. The van der Waals surface area contributed by atoms with E-state index in [1.165, 1.54) is 26.4 Å². The topological polar surface area (TPSA) is 88.0 Å². The first-order chi connectivity index (χ1) is 17.3. The van der Waals surface area contributed by atoms with Crippen LogP contribution in [0, 0.1) is 5.82 Å². The molecule has 0 atom stereocenters. The van der Waals surface area contributed by atoms with Crippen molar-refractivity contribution in [2.45, 2.75) is 19.9 Å². The van der Waals surface area contributed by atoms with Crippen LogP contribution in [0.3, 0.4) is 0 Å². The van der Waals surface area contributed by atoms with Gasteiger partial charge in [0.05, 0.1) is 26.1 Å². The van der Waals surface area contributed by atoms with E-state index in [0.29, 0.717) is 17.7 Å². The van der Waals surface area contributed by atoms with Crippen molar-refractivity contribution < 1.29 is 28.7 Å². The third-order valence-electron chi connectivity index (χ3n) is 6.26. The lowest BCUT2D eigenvalue weighted by Crippen LogP contribution is -2.32. The highest BCUT2D eigenvalue weighted by Crippen LogP contribution is 2.44. The maximum atomic E-state index is 14.2. The van der Waals surface area contributed by atoms with Crippen LogP contribution in [0.1, 0.15) is 35.6 Å². The molecule has 0 fully saturated rings. The molecule has 0 aliphatic heterocycles. The van der Waals surface area contributed by atoms with Gasteiger partial charge in [-0.05, 0) is 76.2 Å². The lowest BCUT2D eigenvalue weighted by molar-refractivity contribution is -0.120. The molecular weight excluding hydrogens is 460 g/mol. The van der Waals surface area contributed by atoms with E-state index < -0.39 is 7.12 Å². The highest BCUT2D eigenvalue weighted by Gasteiger charge is 2.27. The molecule has 184 valence electrons. The second kappa shape index (κ2) is 10.8. The quantitative estimate of drug-likeness (QED) is 0.423.